The Morgan fingerprint density at radius 3 is 2.47 bits per heavy atom. The Bertz CT molecular complexity index is 512. The summed E-state index contributed by atoms with van der Waals surface area (Å²) in [6.07, 6.45) is 1.95. The van der Waals surface area contributed by atoms with Crippen LogP contribution in [0.1, 0.15) is 19.8 Å². The van der Waals surface area contributed by atoms with E-state index in [2.05, 4.69) is 10.0 Å². The largest absolute Gasteiger partial charge is 0.497 e. The molecule has 1 rings (SSSR count). The molecule has 1 aromatic carbocycles. The van der Waals surface area contributed by atoms with Crippen molar-refractivity contribution in [1.82, 2.24) is 10.0 Å². The molecule has 19 heavy (non-hydrogen) atoms. The number of sulfonamides is 1. The van der Waals surface area contributed by atoms with Crippen LogP contribution in [0.25, 0.3) is 0 Å². The SMILES string of the molecule is CCCCNC(=S)NS(=O)(=O)c1ccc(OC)cc1. The standard InChI is InChI=1S/C12H18N2O3S2/c1-3-4-9-13-12(18)14-19(15,16)11-7-5-10(17-2)6-8-11/h5-8H,3-4,9H2,1-2H3,(H2,13,14,18). The van der Waals surface area contributed by atoms with Crippen LogP contribution in [0.15, 0.2) is 29.2 Å². The van der Waals surface area contributed by atoms with Crippen molar-refractivity contribution in [3.05, 3.63) is 24.3 Å². The van der Waals surface area contributed by atoms with Crippen LogP contribution < -0.4 is 14.8 Å². The van der Waals surface area contributed by atoms with Crippen molar-refractivity contribution >= 4 is 27.4 Å². The third kappa shape index (κ3) is 5.04. The molecule has 0 heterocycles. The average molecular weight is 302 g/mol. The van der Waals surface area contributed by atoms with E-state index in [9.17, 15) is 8.42 Å². The van der Waals surface area contributed by atoms with Gasteiger partial charge in [-0.2, -0.15) is 0 Å². The molecule has 2 N–H and O–H groups in total. The Kier molecular flexibility index (Phi) is 6.04. The zero-order valence-electron chi connectivity index (χ0n) is 11.0. The van der Waals surface area contributed by atoms with Crippen molar-refractivity contribution in [2.24, 2.45) is 0 Å². The van der Waals surface area contributed by atoms with Gasteiger partial charge >= 0.3 is 0 Å². The lowest BCUT2D eigenvalue weighted by molar-refractivity contribution is 0.414. The number of nitrogens with one attached hydrogen (secondary N) is 2. The van der Waals surface area contributed by atoms with Gasteiger partial charge in [0.05, 0.1) is 12.0 Å². The minimum atomic E-state index is -3.63. The number of rotatable bonds is 6. The quantitative estimate of drug-likeness (QED) is 0.618. The van der Waals surface area contributed by atoms with Crippen LogP contribution in [0.4, 0.5) is 0 Å². The third-order valence-electron chi connectivity index (χ3n) is 2.41. The molecule has 0 bridgehead atoms. The molecule has 106 valence electrons. The van der Waals surface area contributed by atoms with Gasteiger partial charge in [-0.15, -0.1) is 0 Å². The van der Waals surface area contributed by atoms with E-state index >= 15 is 0 Å². The lowest BCUT2D eigenvalue weighted by Gasteiger charge is -2.11. The average Bonchev–Trinajstić information content (AvgIpc) is 2.38. The van der Waals surface area contributed by atoms with Crippen molar-refractivity contribution in [3.8, 4) is 5.75 Å². The second-order valence-electron chi connectivity index (χ2n) is 3.89. The summed E-state index contributed by atoms with van der Waals surface area (Å²) in [6.45, 7) is 2.70. The van der Waals surface area contributed by atoms with E-state index in [4.69, 9.17) is 17.0 Å². The number of hydrogen-bond donors (Lipinski definition) is 2. The minimum Gasteiger partial charge on any atom is -0.497 e. The van der Waals surface area contributed by atoms with Gasteiger partial charge in [-0.3, -0.25) is 4.72 Å². The van der Waals surface area contributed by atoms with Crippen molar-refractivity contribution in [2.45, 2.75) is 24.7 Å². The van der Waals surface area contributed by atoms with E-state index in [1.54, 1.807) is 12.1 Å². The lowest BCUT2D eigenvalue weighted by Crippen LogP contribution is -2.39. The first-order valence-corrected chi connectivity index (χ1v) is 7.83. The summed E-state index contributed by atoms with van der Waals surface area (Å²) in [6, 6.07) is 6.11. The van der Waals surface area contributed by atoms with E-state index in [0.717, 1.165) is 12.8 Å². The molecule has 0 unspecified atom stereocenters. The molecule has 0 amide bonds. The number of methoxy groups -OCH3 is 1. The first-order valence-electron chi connectivity index (χ1n) is 5.94. The summed E-state index contributed by atoms with van der Waals surface area (Å²) in [5, 5.41) is 2.96. The first-order chi connectivity index (χ1) is 8.99. The lowest BCUT2D eigenvalue weighted by atomic mass is 10.3. The van der Waals surface area contributed by atoms with Gasteiger partial charge < -0.3 is 10.1 Å². The van der Waals surface area contributed by atoms with Crippen LogP contribution in [0.3, 0.4) is 0 Å². The summed E-state index contributed by atoms with van der Waals surface area (Å²) < 4.78 is 31.3. The fourth-order valence-corrected chi connectivity index (χ4v) is 2.71. The van der Waals surface area contributed by atoms with E-state index in [1.807, 2.05) is 6.92 Å². The highest BCUT2D eigenvalue weighted by molar-refractivity contribution is 7.91. The predicted octanol–water partition coefficient (Wildman–Crippen LogP) is 1.65. The van der Waals surface area contributed by atoms with Gasteiger partial charge in [0.15, 0.2) is 5.11 Å². The molecule has 0 aromatic heterocycles. The molecule has 0 atom stereocenters. The molecular weight excluding hydrogens is 284 g/mol. The molecule has 0 saturated carbocycles. The smallest absolute Gasteiger partial charge is 0.263 e. The molecule has 0 aliphatic rings. The molecule has 0 aliphatic heterocycles. The zero-order chi connectivity index (χ0) is 14.3. The van der Waals surface area contributed by atoms with Crippen molar-refractivity contribution < 1.29 is 13.2 Å². The predicted molar refractivity (Wildman–Crippen MR) is 78.8 cm³/mol. The Morgan fingerprint density at radius 1 is 1.32 bits per heavy atom. The van der Waals surface area contributed by atoms with Crippen molar-refractivity contribution in [3.63, 3.8) is 0 Å². The summed E-state index contributed by atoms with van der Waals surface area (Å²) in [5.41, 5.74) is 0. The maximum absolute atomic E-state index is 12.0. The molecule has 0 fully saturated rings. The highest BCUT2D eigenvalue weighted by Gasteiger charge is 2.15. The summed E-state index contributed by atoms with van der Waals surface area (Å²) >= 11 is 4.94. The first kappa shape index (κ1) is 15.7. The van der Waals surface area contributed by atoms with E-state index in [0.29, 0.717) is 12.3 Å². The zero-order valence-corrected chi connectivity index (χ0v) is 12.6. The van der Waals surface area contributed by atoms with Gasteiger partial charge in [0.2, 0.25) is 0 Å². The van der Waals surface area contributed by atoms with Crippen LogP contribution in [0.5, 0.6) is 5.75 Å². The minimum absolute atomic E-state index is 0.115. The number of hydrogen-bond acceptors (Lipinski definition) is 4. The Morgan fingerprint density at radius 2 is 1.95 bits per heavy atom. The van der Waals surface area contributed by atoms with E-state index < -0.39 is 10.0 Å². The van der Waals surface area contributed by atoms with E-state index in [-0.39, 0.29) is 10.0 Å². The van der Waals surface area contributed by atoms with Crippen LogP contribution >= 0.6 is 12.2 Å². The topological polar surface area (TPSA) is 67.4 Å². The van der Waals surface area contributed by atoms with Gasteiger partial charge in [-0.1, -0.05) is 13.3 Å². The maximum atomic E-state index is 12.0. The Labute approximate surface area is 119 Å². The van der Waals surface area contributed by atoms with Gasteiger partial charge in [0, 0.05) is 6.54 Å². The number of thiocarbonyl (C=S) groups is 1. The maximum Gasteiger partial charge on any atom is 0.263 e. The second kappa shape index (κ2) is 7.30. The van der Waals surface area contributed by atoms with Gasteiger partial charge in [0.1, 0.15) is 5.75 Å². The van der Waals surface area contributed by atoms with Gasteiger partial charge in [0.25, 0.3) is 10.0 Å². The Balaban J connectivity index is 2.66. The molecular formula is C12H18N2O3S2. The van der Waals surface area contributed by atoms with Crippen molar-refractivity contribution in [2.75, 3.05) is 13.7 Å². The van der Waals surface area contributed by atoms with Crippen LogP contribution in [0.2, 0.25) is 0 Å². The van der Waals surface area contributed by atoms with Crippen molar-refractivity contribution in [1.29, 1.82) is 0 Å². The van der Waals surface area contributed by atoms with Gasteiger partial charge in [-0.05, 0) is 42.9 Å². The Hall–Kier alpha value is -1.34. The summed E-state index contributed by atoms with van der Waals surface area (Å²) in [5.74, 6) is 0.600. The molecule has 1 aromatic rings. The molecule has 0 saturated heterocycles. The normalized spacial score (nSPS) is 10.8. The third-order valence-corrected chi connectivity index (χ3v) is 4.15. The summed E-state index contributed by atoms with van der Waals surface area (Å²) in [4.78, 5) is 0.146. The fraction of sp³-hybridized carbons (Fsp3) is 0.417. The second-order valence-corrected chi connectivity index (χ2v) is 5.98. The van der Waals surface area contributed by atoms with E-state index in [1.165, 1.54) is 19.2 Å². The monoisotopic (exact) mass is 302 g/mol. The number of ether oxygens (including phenoxy) is 1. The highest BCUT2D eigenvalue weighted by Crippen LogP contribution is 2.15. The molecule has 0 radical (unpaired) electrons. The molecule has 5 nitrogen and oxygen atoms in total. The van der Waals surface area contributed by atoms with Crippen LogP contribution in [-0.4, -0.2) is 27.2 Å². The number of benzene rings is 1. The summed E-state index contributed by atoms with van der Waals surface area (Å²) in [7, 11) is -2.11. The number of unbranched alkanes of at least 4 members (excludes halogenated alkanes) is 1. The van der Waals surface area contributed by atoms with Crippen LogP contribution in [0, 0.1) is 0 Å². The highest BCUT2D eigenvalue weighted by atomic mass is 32.2. The molecule has 0 aliphatic carbocycles. The molecule has 0 spiro atoms. The van der Waals surface area contributed by atoms with Gasteiger partial charge in [-0.25, -0.2) is 8.42 Å². The fourth-order valence-electron chi connectivity index (χ4n) is 1.35. The molecule has 7 heteroatoms. The van der Waals surface area contributed by atoms with Crippen LogP contribution in [-0.2, 0) is 10.0 Å².